The van der Waals surface area contributed by atoms with E-state index in [1.54, 1.807) is 31.2 Å². The minimum absolute atomic E-state index is 0.0710. The molecule has 2 aromatic carbocycles. The van der Waals surface area contributed by atoms with Gasteiger partial charge in [-0.1, -0.05) is 28.1 Å². The molecule has 0 atom stereocenters. The maximum absolute atomic E-state index is 12.4. The first-order valence-electron chi connectivity index (χ1n) is 8.34. The summed E-state index contributed by atoms with van der Waals surface area (Å²) in [7, 11) is 0. The predicted octanol–water partition coefficient (Wildman–Crippen LogP) is 3.60. The van der Waals surface area contributed by atoms with Crippen LogP contribution in [0.15, 0.2) is 53.0 Å². The second kappa shape index (κ2) is 8.66. The minimum Gasteiger partial charge on any atom is -0.508 e. The highest BCUT2D eigenvalue weighted by Crippen LogP contribution is 2.24. The zero-order chi connectivity index (χ0) is 20.1. The molecule has 3 aromatic rings. The first-order chi connectivity index (χ1) is 13.5. The number of phenols is 1. The first-order valence-corrected chi connectivity index (χ1v) is 9.13. The normalized spacial score (nSPS) is 10.5. The summed E-state index contributed by atoms with van der Waals surface area (Å²) in [6, 6.07) is 12.8. The highest BCUT2D eigenvalue weighted by Gasteiger charge is 2.23. The van der Waals surface area contributed by atoms with Gasteiger partial charge < -0.3 is 14.6 Å². The number of aromatic nitrogens is 3. The predicted molar refractivity (Wildman–Crippen MR) is 103 cm³/mol. The number of carbonyl (C=O) groups is 2. The molecule has 3 rings (SSSR count). The van der Waals surface area contributed by atoms with Gasteiger partial charge in [-0.05, 0) is 43.3 Å². The lowest BCUT2D eigenvalue weighted by molar-refractivity contribution is 0.0515. The Morgan fingerprint density at radius 1 is 1.07 bits per heavy atom. The number of hydrogen-bond acceptors (Lipinski definition) is 7. The van der Waals surface area contributed by atoms with Crippen LogP contribution in [0.3, 0.4) is 0 Å². The summed E-state index contributed by atoms with van der Waals surface area (Å²) in [4.78, 5) is 25.7. The number of phenolic OH excluding ortho intramolecular Hbond substituents is 1. The second-order valence-corrected chi connectivity index (χ2v) is 6.55. The summed E-state index contributed by atoms with van der Waals surface area (Å²) >= 11 is 3.32. The maximum atomic E-state index is 12.4. The summed E-state index contributed by atoms with van der Waals surface area (Å²) in [6.45, 7) is 1.65. The van der Waals surface area contributed by atoms with Gasteiger partial charge in [0.1, 0.15) is 18.0 Å². The third-order valence-corrected chi connectivity index (χ3v) is 4.12. The molecule has 28 heavy (non-hydrogen) atoms. The monoisotopic (exact) mass is 445 g/mol. The van der Waals surface area contributed by atoms with Crippen molar-refractivity contribution in [2.75, 3.05) is 6.61 Å². The smallest absolute Gasteiger partial charge is 0.364 e. The van der Waals surface area contributed by atoms with E-state index in [-0.39, 0.29) is 36.3 Å². The van der Waals surface area contributed by atoms with E-state index < -0.39 is 5.97 Å². The van der Waals surface area contributed by atoms with E-state index in [1.165, 1.54) is 24.3 Å². The molecule has 9 heteroatoms. The Kier molecular flexibility index (Phi) is 6.05. The van der Waals surface area contributed by atoms with Crippen LogP contribution < -0.4 is 4.74 Å². The Morgan fingerprint density at radius 2 is 1.75 bits per heavy atom. The largest absolute Gasteiger partial charge is 0.508 e. The molecule has 1 aromatic heterocycles. The second-order valence-electron chi connectivity index (χ2n) is 5.63. The summed E-state index contributed by atoms with van der Waals surface area (Å²) in [5.74, 6) is -0.614. The van der Waals surface area contributed by atoms with E-state index in [0.717, 1.165) is 9.27 Å². The van der Waals surface area contributed by atoms with Crippen LogP contribution >= 0.6 is 15.9 Å². The van der Waals surface area contributed by atoms with E-state index >= 15 is 0 Å². The fourth-order valence-electron chi connectivity index (χ4n) is 2.28. The third-order valence-electron chi connectivity index (χ3n) is 3.60. The number of halogens is 1. The van der Waals surface area contributed by atoms with Crippen molar-refractivity contribution in [3.8, 4) is 17.4 Å². The molecular weight excluding hydrogens is 430 g/mol. The Hall–Kier alpha value is -3.20. The molecule has 0 radical (unpaired) electrons. The zero-order valence-electron chi connectivity index (χ0n) is 14.8. The molecule has 8 nitrogen and oxygen atoms in total. The van der Waals surface area contributed by atoms with Crippen LogP contribution in [0.5, 0.6) is 17.4 Å². The fourth-order valence-corrected chi connectivity index (χ4v) is 2.55. The number of esters is 1. The van der Waals surface area contributed by atoms with Gasteiger partial charge in [-0.15, -0.1) is 10.2 Å². The Bertz CT molecular complexity index is 984. The van der Waals surface area contributed by atoms with Gasteiger partial charge >= 0.3 is 5.97 Å². The lowest BCUT2D eigenvalue weighted by Gasteiger charge is -2.03. The zero-order valence-corrected chi connectivity index (χ0v) is 16.4. The molecule has 0 saturated carbocycles. The van der Waals surface area contributed by atoms with Crippen molar-refractivity contribution < 1.29 is 24.2 Å². The van der Waals surface area contributed by atoms with Crippen molar-refractivity contribution in [3.05, 3.63) is 64.3 Å². The van der Waals surface area contributed by atoms with Crippen LogP contribution in [0.4, 0.5) is 0 Å². The third kappa shape index (κ3) is 4.74. The van der Waals surface area contributed by atoms with Crippen LogP contribution in [-0.4, -0.2) is 38.5 Å². The molecule has 144 valence electrons. The molecule has 0 unspecified atom stereocenters. The lowest BCUT2D eigenvalue weighted by atomic mass is 10.1. The number of hydrogen-bond donors (Lipinski definition) is 1. The van der Waals surface area contributed by atoms with Crippen LogP contribution in [0.1, 0.15) is 27.8 Å². The Labute approximate surface area is 168 Å². The fraction of sp³-hybridized carbons (Fsp3) is 0.158. The number of ether oxygens (including phenoxy) is 2. The SMILES string of the molecule is CCOC(=O)c1nn(CC(=O)c2ccc(Br)cc2)nc1Oc1ccc(O)cc1. The Balaban J connectivity index is 1.85. The molecule has 0 bridgehead atoms. The van der Waals surface area contributed by atoms with E-state index in [2.05, 4.69) is 26.1 Å². The van der Waals surface area contributed by atoms with Crippen molar-refractivity contribution >= 4 is 27.7 Å². The molecule has 1 heterocycles. The summed E-state index contributed by atoms with van der Waals surface area (Å²) in [5, 5.41) is 17.5. The van der Waals surface area contributed by atoms with Gasteiger partial charge in [-0.25, -0.2) is 4.79 Å². The van der Waals surface area contributed by atoms with Crippen molar-refractivity contribution in [1.29, 1.82) is 0 Å². The molecule has 0 spiro atoms. The average Bonchev–Trinajstić information content (AvgIpc) is 3.06. The van der Waals surface area contributed by atoms with Crippen LogP contribution in [0.2, 0.25) is 0 Å². The van der Waals surface area contributed by atoms with Crippen molar-refractivity contribution in [1.82, 2.24) is 15.0 Å². The van der Waals surface area contributed by atoms with Gasteiger partial charge in [-0.3, -0.25) is 4.79 Å². The molecule has 0 saturated heterocycles. The summed E-state index contributed by atoms with van der Waals surface area (Å²) < 4.78 is 11.4. The molecule has 0 fully saturated rings. The molecule has 1 N–H and O–H groups in total. The van der Waals surface area contributed by atoms with Gasteiger partial charge in [0.25, 0.3) is 5.88 Å². The lowest BCUT2D eigenvalue weighted by Crippen LogP contribution is -2.14. The van der Waals surface area contributed by atoms with Gasteiger partial charge in [0, 0.05) is 10.0 Å². The number of carbonyl (C=O) groups excluding carboxylic acids is 2. The van der Waals surface area contributed by atoms with Crippen molar-refractivity contribution in [3.63, 3.8) is 0 Å². The highest BCUT2D eigenvalue weighted by molar-refractivity contribution is 9.10. The van der Waals surface area contributed by atoms with Gasteiger partial charge in [-0.2, -0.15) is 4.80 Å². The quantitative estimate of drug-likeness (QED) is 0.437. The Morgan fingerprint density at radius 3 is 2.39 bits per heavy atom. The standard InChI is InChI=1S/C19H16BrN3O5/c1-2-27-19(26)17-18(28-15-9-7-14(24)8-10-15)22-23(21-17)11-16(25)12-3-5-13(20)6-4-12/h3-10,24H,2,11H2,1H3. The number of benzene rings is 2. The van der Waals surface area contributed by atoms with Crippen LogP contribution in [0, 0.1) is 0 Å². The number of aromatic hydroxyl groups is 1. The average molecular weight is 446 g/mol. The van der Waals surface area contributed by atoms with E-state index in [0.29, 0.717) is 11.3 Å². The highest BCUT2D eigenvalue weighted by atomic mass is 79.9. The number of nitrogens with zero attached hydrogens (tertiary/aromatic N) is 3. The molecular formula is C19H16BrN3O5. The topological polar surface area (TPSA) is 104 Å². The minimum atomic E-state index is -0.710. The molecule has 0 amide bonds. The number of Topliss-reactive ketones (excluding diaryl/α,β-unsaturated/α-hetero) is 1. The van der Waals surface area contributed by atoms with Gasteiger partial charge in [0.2, 0.25) is 5.69 Å². The van der Waals surface area contributed by atoms with E-state index in [9.17, 15) is 14.7 Å². The van der Waals surface area contributed by atoms with E-state index in [1.807, 2.05) is 0 Å². The molecule has 0 aliphatic carbocycles. The molecule has 0 aliphatic rings. The maximum Gasteiger partial charge on any atom is 0.364 e. The number of rotatable bonds is 7. The first kappa shape index (κ1) is 19.6. The number of ketones is 1. The van der Waals surface area contributed by atoms with Gasteiger partial charge in [0.15, 0.2) is 5.78 Å². The van der Waals surface area contributed by atoms with Crippen LogP contribution in [0.25, 0.3) is 0 Å². The van der Waals surface area contributed by atoms with Crippen molar-refractivity contribution in [2.24, 2.45) is 0 Å². The van der Waals surface area contributed by atoms with E-state index in [4.69, 9.17) is 9.47 Å². The van der Waals surface area contributed by atoms with Crippen molar-refractivity contribution in [2.45, 2.75) is 13.5 Å². The summed E-state index contributed by atoms with van der Waals surface area (Å²) in [5.41, 5.74) is 0.345. The van der Waals surface area contributed by atoms with Gasteiger partial charge in [0.05, 0.1) is 6.61 Å². The molecule has 0 aliphatic heterocycles. The summed E-state index contributed by atoms with van der Waals surface area (Å²) in [6.07, 6.45) is 0. The van der Waals surface area contributed by atoms with Crippen LogP contribution in [-0.2, 0) is 11.3 Å².